The maximum absolute atomic E-state index is 12.0. The maximum Gasteiger partial charge on any atom is 0.306 e. The highest BCUT2D eigenvalue weighted by Crippen LogP contribution is 2.27. The third-order valence-corrected chi connectivity index (χ3v) is 2.88. The van der Waals surface area contributed by atoms with Crippen LogP contribution in [0.1, 0.15) is 34.1 Å². The minimum absolute atomic E-state index is 0.0252. The molecule has 0 aromatic heterocycles. The number of methoxy groups -OCH3 is 2. The SMILES string of the molecule is COC(=O)C[C@H](C(=O)C(C)C)C(C)(C)OC. The molecule has 0 bridgehead atoms. The molecule has 0 fully saturated rings. The van der Waals surface area contributed by atoms with Crippen LogP contribution in [0.25, 0.3) is 0 Å². The van der Waals surface area contributed by atoms with Gasteiger partial charge in [0.15, 0.2) is 0 Å². The van der Waals surface area contributed by atoms with Crippen molar-refractivity contribution >= 4 is 11.8 Å². The second-order valence-corrected chi connectivity index (χ2v) is 4.70. The van der Waals surface area contributed by atoms with E-state index in [4.69, 9.17) is 4.74 Å². The number of hydrogen-bond donors (Lipinski definition) is 0. The van der Waals surface area contributed by atoms with E-state index < -0.39 is 11.5 Å². The Morgan fingerprint density at radius 1 is 1.19 bits per heavy atom. The van der Waals surface area contributed by atoms with Gasteiger partial charge >= 0.3 is 5.97 Å². The highest BCUT2D eigenvalue weighted by molar-refractivity contribution is 5.87. The number of ketones is 1. The van der Waals surface area contributed by atoms with Gasteiger partial charge < -0.3 is 9.47 Å². The van der Waals surface area contributed by atoms with E-state index in [2.05, 4.69) is 4.74 Å². The molecule has 0 saturated carbocycles. The Hall–Kier alpha value is -0.900. The lowest BCUT2D eigenvalue weighted by molar-refractivity contribution is -0.151. The summed E-state index contributed by atoms with van der Waals surface area (Å²) in [5.74, 6) is -0.949. The zero-order valence-electron chi connectivity index (χ0n) is 11.0. The van der Waals surface area contributed by atoms with Crippen LogP contribution in [0, 0.1) is 11.8 Å². The van der Waals surface area contributed by atoms with E-state index in [-0.39, 0.29) is 24.1 Å². The number of hydrogen-bond acceptors (Lipinski definition) is 4. The Morgan fingerprint density at radius 2 is 1.69 bits per heavy atom. The van der Waals surface area contributed by atoms with E-state index in [0.29, 0.717) is 0 Å². The molecule has 0 aliphatic heterocycles. The molecule has 0 N–H and O–H groups in total. The monoisotopic (exact) mass is 230 g/mol. The summed E-state index contributed by atoms with van der Waals surface area (Å²) in [6.07, 6.45) is 0.0638. The van der Waals surface area contributed by atoms with Crippen LogP contribution in [-0.2, 0) is 19.1 Å². The van der Waals surface area contributed by atoms with Crippen LogP contribution in [0.2, 0.25) is 0 Å². The summed E-state index contributed by atoms with van der Waals surface area (Å²) in [6.45, 7) is 7.25. The van der Waals surface area contributed by atoms with Crippen molar-refractivity contribution in [2.45, 2.75) is 39.7 Å². The van der Waals surface area contributed by atoms with Crippen molar-refractivity contribution in [3.8, 4) is 0 Å². The van der Waals surface area contributed by atoms with Gasteiger partial charge in [-0.2, -0.15) is 0 Å². The zero-order chi connectivity index (χ0) is 12.9. The summed E-state index contributed by atoms with van der Waals surface area (Å²) < 4.78 is 9.89. The van der Waals surface area contributed by atoms with Gasteiger partial charge in [-0.25, -0.2) is 0 Å². The summed E-state index contributed by atoms with van der Waals surface area (Å²) in [4.78, 5) is 23.3. The summed E-state index contributed by atoms with van der Waals surface area (Å²) in [5.41, 5.74) is -0.657. The van der Waals surface area contributed by atoms with Crippen LogP contribution in [0.3, 0.4) is 0 Å². The van der Waals surface area contributed by atoms with E-state index in [1.807, 2.05) is 13.8 Å². The van der Waals surface area contributed by atoms with Crippen LogP contribution >= 0.6 is 0 Å². The molecule has 16 heavy (non-hydrogen) atoms. The molecule has 0 radical (unpaired) electrons. The second kappa shape index (κ2) is 5.99. The van der Waals surface area contributed by atoms with Crippen molar-refractivity contribution in [3.63, 3.8) is 0 Å². The molecular formula is C12H22O4. The maximum atomic E-state index is 12.0. The Kier molecular flexibility index (Phi) is 5.65. The number of carbonyl (C=O) groups excluding carboxylic acids is 2. The molecule has 0 aromatic rings. The number of esters is 1. The predicted molar refractivity (Wildman–Crippen MR) is 61.1 cm³/mol. The Morgan fingerprint density at radius 3 is 2.00 bits per heavy atom. The van der Waals surface area contributed by atoms with Gasteiger partial charge in [-0.15, -0.1) is 0 Å². The van der Waals surface area contributed by atoms with Gasteiger partial charge in [0.25, 0.3) is 0 Å². The van der Waals surface area contributed by atoms with Crippen LogP contribution in [0.5, 0.6) is 0 Å². The van der Waals surface area contributed by atoms with Crippen LogP contribution in [-0.4, -0.2) is 31.6 Å². The fourth-order valence-electron chi connectivity index (χ4n) is 1.48. The van der Waals surface area contributed by atoms with E-state index in [9.17, 15) is 9.59 Å². The summed E-state index contributed by atoms with van der Waals surface area (Å²) in [7, 11) is 2.86. The highest BCUT2D eigenvalue weighted by Gasteiger charge is 2.37. The van der Waals surface area contributed by atoms with Gasteiger partial charge in [0.05, 0.1) is 25.0 Å². The van der Waals surface area contributed by atoms with Gasteiger partial charge in [0.2, 0.25) is 0 Å². The van der Waals surface area contributed by atoms with Gasteiger partial charge in [0, 0.05) is 13.0 Å². The molecule has 4 heteroatoms. The lowest BCUT2D eigenvalue weighted by Gasteiger charge is -2.32. The van der Waals surface area contributed by atoms with E-state index in [0.717, 1.165) is 0 Å². The van der Waals surface area contributed by atoms with Gasteiger partial charge in [-0.1, -0.05) is 13.8 Å². The standard InChI is InChI=1S/C12H22O4/c1-8(2)11(14)9(7-10(13)15-5)12(3,4)16-6/h8-9H,7H2,1-6H3/t9-/m1/s1. The van der Waals surface area contributed by atoms with Gasteiger partial charge in [-0.05, 0) is 13.8 Å². The molecule has 0 heterocycles. The lowest BCUT2D eigenvalue weighted by atomic mass is 9.80. The first-order valence-electron chi connectivity index (χ1n) is 5.42. The predicted octanol–water partition coefficient (Wildman–Crippen LogP) is 1.82. The van der Waals surface area contributed by atoms with Crippen LogP contribution < -0.4 is 0 Å². The van der Waals surface area contributed by atoms with Crippen molar-refractivity contribution < 1.29 is 19.1 Å². The average Bonchev–Trinajstić information content (AvgIpc) is 2.24. The Balaban J connectivity index is 4.91. The Labute approximate surface area is 97.3 Å². The molecule has 0 unspecified atom stereocenters. The molecule has 4 nitrogen and oxygen atoms in total. The average molecular weight is 230 g/mol. The fraction of sp³-hybridized carbons (Fsp3) is 0.833. The van der Waals surface area contributed by atoms with Crippen molar-refractivity contribution in [2.75, 3.05) is 14.2 Å². The first-order valence-corrected chi connectivity index (χ1v) is 5.42. The highest BCUT2D eigenvalue weighted by atomic mass is 16.5. The quantitative estimate of drug-likeness (QED) is 0.653. The fourth-order valence-corrected chi connectivity index (χ4v) is 1.48. The molecular weight excluding hydrogens is 208 g/mol. The molecule has 0 aliphatic carbocycles. The van der Waals surface area contributed by atoms with Crippen LogP contribution in [0.4, 0.5) is 0 Å². The van der Waals surface area contributed by atoms with Gasteiger partial charge in [0.1, 0.15) is 5.78 Å². The van der Waals surface area contributed by atoms with Crippen LogP contribution in [0.15, 0.2) is 0 Å². The third kappa shape index (κ3) is 3.93. The normalized spacial score (nSPS) is 13.7. The lowest BCUT2D eigenvalue weighted by Crippen LogP contribution is -2.42. The Bertz CT molecular complexity index is 256. The van der Waals surface area contributed by atoms with Crippen molar-refractivity contribution in [1.29, 1.82) is 0 Å². The summed E-state index contributed by atoms with van der Waals surface area (Å²) >= 11 is 0. The number of carbonyl (C=O) groups is 2. The van der Waals surface area contributed by atoms with Gasteiger partial charge in [-0.3, -0.25) is 9.59 Å². The molecule has 0 saturated heterocycles. The number of Topliss-reactive ketones (excluding diaryl/α,β-unsaturated/α-hetero) is 1. The smallest absolute Gasteiger partial charge is 0.306 e. The third-order valence-electron chi connectivity index (χ3n) is 2.88. The molecule has 0 rings (SSSR count). The molecule has 0 spiro atoms. The first-order chi connectivity index (χ1) is 7.26. The van der Waals surface area contributed by atoms with E-state index in [1.165, 1.54) is 14.2 Å². The van der Waals surface area contributed by atoms with E-state index >= 15 is 0 Å². The summed E-state index contributed by atoms with van der Waals surface area (Å²) in [6, 6.07) is 0. The molecule has 0 amide bonds. The summed E-state index contributed by atoms with van der Waals surface area (Å²) in [5, 5.41) is 0. The minimum Gasteiger partial charge on any atom is -0.469 e. The molecule has 0 aliphatic rings. The first kappa shape index (κ1) is 15.1. The van der Waals surface area contributed by atoms with Crippen molar-refractivity contribution in [1.82, 2.24) is 0 Å². The molecule has 0 aromatic carbocycles. The van der Waals surface area contributed by atoms with Crippen molar-refractivity contribution in [2.24, 2.45) is 11.8 Å². The largest absolute Gasteiger partial charge is 0.469 e. The molecule has 1 atom stereocenters. The number of ether oxygens (including phenoxy) is 2. The topological polar surface area (TPSA) is 52.6 Å². The number of rotatable bonds is 6. The second-order valence-electron chi connectivity index (χ2n) is 4.70. The zero-order valence-corrected chi connectivity index (χ0v) is 11.0. The van der Waals surface area contributed by atoms with E-state index in [1.54, 1.807) is 13.8 Å². The van der Waals surface area contributed by atoms with Crippen molar-refractivity contribution in [3.05, 3.63) is 0 Å². The molecule has 94 valence electrons. The minimum atomic E-state index is -0.657.